The summed E-state index contributed by atoms with van der Waals surface area (Å²) in [5.74, 6) is 0. The highest BCUT2D eigenvalue weighted by Gasteiger charge is 2.07. The first-order chi connectivity index (χ1) is 8.19. The second-order valence-electron chi connectivity index (χ2n) is 3.93. The molecule has 17 heavy (non-hydrogen) atoms. The molecule has 1 rings (SSSR count). The molecule has 0 aliphatic rings. The van der Waals surface area contributed by atoms with Crippen molar-refractivity contribution in [3.63, 3.8) is 0 Å². The third-order valence-electron chi connectivity index (χ3n) is 2.64. The zero-order valence-electron chi connectivity index (χ0n) is 10.6. The SMILES string of the molecule is CCOCCN(C)c1ccc(Cl)cc1CCN. The minimum atomic E-state index is 0.632. The maximum Gasteiger partial charge on any atom is 0.0641 e. The molecule has 0 radical (unpaired) electrons. The number of nitrogens with zero attached hydrogens (tertiary/aromatic N) is 1. The molecule has 0 bridgehead atoms. The predicted octanol–water partition coefficient (Wildman–Crippen LogP) is 2.31. The van der Waals surface area contributed by atoms with Crippen LogP contribution in [0.3, 0.4) is 0 Å². The largest absolute Gasteiger partial charge is 0.380 e. The molecular weight excluding hydrogens is 236 g/mol. The third kappa shape index (κ3) is 4.54. The van der Waals surface area contributed by atoms with Crippen molar-refractivity contribution in [1.29, 1.82) is 0 Å². The van der Waals surface area contributed by atoms with Crippen LogP contribution in [0.4, 0.5) is 5.69 Å². The van der Waals surface area contributed by atoms with Crippen LogP contribution in [-0.4, -0.2) is 33.4 Å². The zero-order chi connectivity index (χ0) is 12.7. The first-order valence-corrected chi connectivity index (χ1v) is 6.34. The van der Waals surface area contributed by atoms with E-state index in [2.05, 4.69) is 11.9 Å². The molecule has 0 aliphatic heterocycles. The van der Waals surface area contributed by atoms with Crippen molar-refractivity contribution in [3.05, 3.63) is 28.8 Å². The Labute approximate surface area is 109 Å². The topological polar surface area (TPSA) is 38.5 Å². The van der Waals surface area contributed by atoms with Gasteiger partial charge >= 0.3 is 0 Å². The smallest absolute Gasteiger partial charge is 0.0641 e. The first kappa shape index (κ1) is 14.3. The van der Waals surface area contributed by atoms with E-state index in [-0.39, 0.29) is 0 Å². The van der Waals surface area contributed by atoms with Crippen molar-refractivity contribution in [3.8, 4) is 0 Å². The number of hydrogen-bond donors (Lipinski definition) is 1. The molecule has 2 N–H and O–H groups in total. The van der Waals surface area contributed by atoms with Crippen molar-refractivity contribution in [2.24, 2.45) is 5.73 Å². The monoisotopic (exact) mass is 256 g/mol. The van der Waals surface area contributed by atoms with Crippen LogP contribution in [0.25, 0.3) is 0 Å². The molecule has 1 aromatic carbocycles. The summed E-state index contributed by atoms with van der Waals surface area (Å²) in [6.07, 6.45) is 0.842. The van der Waals surface area contributed by atoms with Crippen LogP contribution < -0.4 is 10.6 Å². The lowest BCUT2D eigenvalue weighted by Gasteiger charge is -2.22. The van der Waals surface area contributed by atoms with Gasteiger partial charge in [-0.2, -0.15) is 0 Å². The Kier molecular flexibility index (Phi) is 6.34. The number of benzene rings is 1. The summed E-state index contributed by atoms with van der Waals surface area (Å²) in [4.78, 5) is 2.18. The molecule has 0 heterocycles. The van der Waals surface area contributed by atoms with Gasteiger partial charge in [-0.25, -0.2) is 0 Å². The molecule has 0 aromatic heterocycles. The first-order valence-electron chi connectivity index (χ1n) is 5.96. The minimum absolute atomic E-state index is 0.632. The Morgan fingerprint density at radius 2 is 2.18 bits per heavy atom. The summed E-state index contributed by atoms with van der Waals surface area (Å²) in [5.41, 5.74) is 7.99. The summed E-state index contributed by atoms with van der Waals surface area (Å²) in [5, 5.41) is 0.760. The number of ether oxygens (including phenoxy) is 1. The fourth-order valence-corrected chi connectivity index (χ4v) is 1.94. The van der Waals surface area contributed by atoms with Gasteiger partial charge in [-0.1, -0.05) is 11.6 Å². The third-order valence-corrected chi connectivity index (χ3v) is 2.88. The van der Waals surface area contributed by atoms with Gasteiger partial charge in [-0.15, -0.1) is 0 Å². The Morgan fingerprint density at radius 3 is 2.82 bits per heavy atom. The molecule has 1 aromatic rings. The number of likely N-dealkylation sites (N-methyl/N-ethyl adjacent to an activating group) is 1. The van der Waals surface area contributed by atoms with Crippen molar-refractivity contribution >= 4 is 17.3 Å². The van der Waals surface area contributed by atoms with E-state index in [9.17, 15) is 0 Å². The Balaban J connectivity index is 2.73. The van der Waals surface area contributed by atoms with E-state index in [4.69, 9.17) is 22.1 Å². The highest BCUT2D eigenvalue weighted by atomic mass is 35.5. The van der Waals surface area contributed by atoms with Crippen LogP contribution in [0.2, 0.25) is 5.02 Å². The van der Waals surface area contributed by atoms with Gasteiger partial charge in [0.1, 0.15) is 0 Å². The molecule has 0 saturated heterocycles. The number of anilines is 1. The van der Waals surface area contributed by atoms with Gasteiger partial charge in [0.15, 0.2) is 0 Å². The summed E-state index contributed by atoms with van der Waals surface area (Å²) < 4.78 is 5.36. The summed E-state index contributed by atoms with van der Waals surface area (Å²) in [6, 6.07) is 5.94. The Hall–Kier alpha value is -0.770. The number of rotatable bonds is 7. The highest BCUT2D eigenvalue weighted by Crippen LogP contribution is 2.23. The maximum atomic E-state index is 6.00. The van der Waals surface area contributed by atoms with Crippen molar-refractivity contribution in [2.75, 3.05) is 38.3 Å². The van der Waals surface area contributed by atoms with Crippen LogP contribution in [0.1, 0.15) is 12.5 Å². The van der Waals surface area contributed by atoms with Crippen LogP contribution in [0, 0.1) is 0 Å². The molecule has 4 heteroatoms. The number of hydrogen-bond acceptors (Lipinski definition) is 3. The average Bonchev–Trinajstić information content (AvgIpc) is 2.30. The molecule has 0 fully saturated rings. The molecule has 0 atom stereocenters. The molecule has 0 unspecified atom stereocenters. The van der Waals surface area contributed by atoms with E-state index < -0.39 is 0 Å². The van der Waals surface area contributed by atoms with Crippen molar-refractivity contribution in [1.82, 2.24) is 0 Å². The summed E-state index contributed by atoms with van der Waals surface area (Å²) in [7, 11) is 2.06. The van der Waals surface area contributed by atoms with Crippen LogP contribution in [-0.2, 0) is 11.2 Å². The van der Waals surface area contributed by atoms with Crippen LogP contribution in [0.15, 0.2) is 18.2 Å². The molecule has 0 amide bonds. The Morgan fingerprint density at radius 1 is 1.41 bits per heavy atom. The van der Waals surface area contributed by atoms with E-state index in [0.717, 1.165) is 31.2 Å². The highest BCUT2D eigenvalue weighted by molar-refractivity contribution is 6.30. The molecule has 3 nitrogen and oxygen atoms in total. The zero-order valence-corrected chi connectivity index (χ0v) is 11.3. The summed E-state index contributed by atoms with van der Waals surface area (Å²) >= 11 is 6.00. The van der Waals surface area contributed by atoms with Gasteiger partial charge in [0, 0.05) is 30.9 Å². The van der Waals surface area contributed by atoms with Crippen LogP contribution >= 0.6 is 11.6 Å². The fraction of sp³-hybridized carbons (Fsp3) is 0.538. The lowest BCUT2D eigenvalue weighted by atomic mass is 10.1. The standard InChI is InChI=1S/C13H21ClN2O/c1-3-17-9-8-16(2)13-5-4-12(14)10-11(13)6-7-15/h4-5,10H,3,6-9,15H2,1-2H3. The summed E-state index contributed by atoms with van der Waals surface area (Å²) in [6.45, 7) is 4.99. The average molecular weight is 257 g/mol. The van der Waals surface area contributed by atoms with E-state index in [1.807, 2.05) is 25.1 Å². The molecular formula is C13H21ClN2O. The van der Waals surface area contributed by atoms with E-state index in [1.165, 1.54) is 11.3 Å². The molecule has 96 valence electrons. The van der Waals surface area contributed by atoms with Crippen molar-refractivity contribution < 1.29 is 4.74 Å². The predicted molar refractivity (Wildman–Crippen MR) is 74.0 cm³/mol. The van der Waals surface area contributed by atoms with Crippen LogP contribution in [0.5, 0.6) is 0 Å². The van der Waals surface area contributed by atoms with E-state index in [0.29, 0.717) is 6.54 Å². The van der Waals surface area contributed by atoms with E-state index in [1.54, 1.807) is 0 Å². The molecule has 0 aliphatic carbocycles. The quantitative estimate of drug-likeness (QED) is 0.761. The van der Waals surface area contributed by atoms with Gasteiger partial charge in [0.25, 0.3) is 0 Å². The maximum absolute atomic E-state index is 6.00. The van der Waals surface area contributed by atoms with Gasteiger partial charge < -0.3 is 15.4 Å². The second kappa shape index (κ2) is 7.54. The van der Waals surface area contributed by atoms with Gasteiger partial charge in [-0.05, 0) is 43.7 Å². The van der Waals surface area contributed by atoms with Crippen molar-refractivity contribution in [2.45, 2.75) is 13.3 Å². The minimum Gasteiger partial charge on any atom is -0.380 e. The van der Waals surface area contributed by atoms with Gasteiger partial charge in [0.05, 0.1) is 6.61 Å². The second-order valence-corrected chi connectivity index (χ2v) is 4.37. The fourth-order valence-electron chi connectivity index (χ4n) is 1.75. The lowest BCUT2D eigenvalue weighted by molar-refractivity contribution is 0.154. The molecule has 0 spiro atoms. The normalized spacial score (nSPS) is 10.6. The van der Waals surface area contributed by atoms with Gasteiger partial charge in [-0.3, -0.25) is 0 Å². The lowest BCUT2D eigenvalue weighted by Crippen LogP contribution is -2.24. The Bertz CT molecular complexity index is 344. The van der Waals surface area contributed by atoms with E-state index >= 15 is 0 Å². The number of halogens is 1. The van der Waals surface area contributed by atoms with Gasteiger partial charge in [0.2, 0.25) is 0 Å². The molecule has 0 saturated carbocycles. The number of nitrogens with two attached hydrogens (primary N) is 1.